The van der Waals surface area contributed by atoms with E-state index in [0.29, 0.717) is 6.61 Å². The molecule has 2 aromatic carbocycles. The summed E-state index contributed by atoms with van der Waals surface area (Å²) < 4.78 is 5.74. The highest BCUT2D eigenvalue weighted by molar-refractivity contribution is 6.30. The molecule has 0 bridgehead atoms. The van der Waals surface area contributed by atoms with Crippen molar-refractivity contribution >= 4 is 17.3 Å². The van der Waals surface area contributed by atoms with E-state index >= 15 is 0 Å². The molecule has 0 saturated carbocycles. The van der Waals surface area contributed by atoms with Crippen molar-refractivity contribution in [2.45, 2.75) is 19.4 Å². The Hall–Kier alpha value is -1.71. The second kappa shape index (κ2) is 8.55. The molecule has 4 heteroatoms. The Kier molecular flexibility index (Phi) is 6.38. The van der Waals surface area contributed by atoms with Gasteiger partial charge in [-0.15, -0.1) is 0 Å². The molecule has 0 saturated heterocycles. The van der Waals surface area contributed by atoms with E-state index < -0.39 is 0 Å². The standard InChI is InChI=1S/C17H21ClN2O/c18-15-5-3-14(4-6-15)13-21-17-9-7-16(8-10-17)20-12-2-1-11-19/h3-10,20H,1-2,11-13,19H2. The molecule has 0 aliphatic heterocycles. The van der Waals surface area contributed by atoms with Crippen LogP contribution in [0.4, 0.5) is 5.69 Å². The van der Waals surface area contributed by atoms with Crippen molar-refractivity contribution in [3.63, 3.8) is 0 Å². The second-order valence-corrected chi connectivity index (χ2v) is 5.30. The van der Waals surface area contributed by atoms with Crippen LogP contribution in [0.25, 0.3) is 0 Å². The van der Waals surface area contributed by atoms with E-state index in [0.717, 1.165) is 48.0 Å². The number of nitrogens with two attached hydrogens (primary N) is 1. The van der Waals surface area contributed by atoms with Crippen molar-refractivity contribution in [3.8, 4) is 5.75 Å². The van der Waals surface area contributed by atoms with Gasteiger partial charge in [0.05, 0.1) is 0 Å². The van der Waals surface area contributed by atoms with Gasteiger partial charge in [0.1, 0.15) is 12.4 Å². The normalized spacial score (nSPS) is 10.4. The fourth-order valence-electron chi connectivity index (χ4n) is 1.92. The van der Waals surface area contributed by atoms with Crippen molar-refractivity contribution in [2.24, 2.45) is 5.73 Å². The van der Waals surface area contributed by atoms with E-state index in [2.05, 4.69) is 5.32 Å². The smallest absolute Gasteiger partial charge is 0.119 e. The SMILES string of the molecule is NCCCCNc1ccc(OCc2ccc(Cl)cc2)cc1. The number of hydrogen-bond donors (Lipinski definition) is 2. The molecular weight excluding hydrogens is 284 g/mol. The Morgan fingerprint density at radius 1 is 0.952 bits per heavy atom. The lowest BCUT2D eigenvalue weighted by atomic mass is 10.2. The molecule has 0 spiro atoms. The number of unbranched alkanes of at least 4 members (excludes halogenated alkanes) is 1. The summed E-state index contributed by atoms with van der Waals surface area (Å²) in [5.74, 6) is 0.859. The zero-order valence-corrected chi connectivity index (χ0v) is 12.8. The number of rotatable bonds is 8. The third kappa shape index (κ3) is 5.66. The molecule has 0 atom stereocenters. The summed E-state index contributed by atoms with van der Waals surface area (Å²) in [6, 6.07) is 15.7. The predicted octanol–water partition coefficient (Wildman–Crippen LogP) is 4.07. The third-order valence-corrected chi connectivity index (χ3v) is 3.39. The zero-order chi connectivity index (χ0) is 14.9. The summed E-state index contributed by atoms with van der Waals surface area (Å²) in [5, 5.41) is 4.10. The minimum Gasteiger partial charge on any atom is -0.489 e. The van der Waals surface area contributed by atoms with Crippen molar-refractivity contribution in [2.75, 3.05) is 18.4 Å². The van der Waals surface area contributed by atoms with Gasteiger partial charge >= 0.3 is 0 Å². The van der Waals surface area contributed by atoms with E-state index in [4.69, 9.17) is 22.1 Å². The number of ether oxygens (including phenoxy) is 1. The van der Waals surface area contributed by atoms with Crippen LogP contribution in [0.3, 0.4) is 0 Å². The first kappa shape index (κ1) is 15.7. The minimum absolute atomic E-state index is 0.542. The molecule has 3 N–H and O–H groups in total. The van der Waals surface area contributed by atoms with Crippen LogP contribution in [0.2, 0.25) is 5.02 Å². The van der Waals surface area contributed by atoms with Gasteiger partial charge in [0.2, 0.25) is 0 Å². The van der Waals surface area contributed by atoms with E-state index in [1.165, 1.54) is 0 Å². The van der Waals surface area contributed by atoms with Gasteiger partial charge in [0.15, 0.2) is 0 Å². The maximum Gasteiger partial charge on any atom is 0.119 e. The molecule has 0 aliphatic rings. The van der Waals surface area contributed by atoms with Crippen LogP contribution in [0.5, 0.6) is 5.75 Å². The first-order valence-electron chi connectivity index (χ1n) is 7.19. The molecule has 0 radical (unpaired) electrons. The summed E-state index contributed by atoms with van der Waals surface area (Å²) in [4.78, 5) is 0. The molecule has 0 aliphatic carbocycles. The summed E-state index contributed by atoms with van der Waals surface area (Å²) in [7, 11) is 0. The summed E-state index contributed by atoms with van der Waals surface area (Å²) in [6.45, 7) is 2.24. The second-order valence-electron chi connectivity index (χ2n) is 4.86. The van der Waals surface area contributed by atoms with Crippen molar-refractivity contribution in [1.82, 2.24) is 0 Å². The van der Waals surface area contributed by atoms with Crippen LogP contribution < -0.4 is 15.8 Å². The number of hydrogen-bond acceptors (Lipinski definition) is 3. The fourth-order valence-corrected chi connectivity index (χ4v) is 2.04. The van der Waals surface area contributed by atoms with Gasteiger partial charge in [-0.2, -0.15) is 0 Å². The third-order valence-electron chi connectivity index (χ3n) is 3.13. The molecule has 2 rings (SSSR count). The first-order chi connectivity index (χ1) is 10.3. The summed E-state index contributed by atoms with van der Waals surface area (Å²) in [6.07, 6.45) is 2.14. The Morgan fingerprint density at radius 3 is 2.33 bits per heavy atom. The van der Waals surface area contributed by atoms with Crippen LogP contribution in [0.1, 0.15) is 18.4 Å². The lowest BCUT2D eigenvalue weighted by Gasteiger charge is -2.09. The van der Waals surface area contributed by atoms with Crippen LogP contribution in [0, 0.1) is 0 Å². The quantitative estimate of drug-likeness (QED) is 0.723. The topological polar surface area (TPSA) is 47.3 Å². The highest BCUT2D eigenvalue weighted by Crippen LogP contribution is 2.18. The van der Waals surface area contributed by atoms with Crippen LogP contribution in [0.15, 0.2) is 48.5 Å². The van der Waals surface area contributed by atoms with Gasteiger partial charge in [0, 0.05) is 17.3 Å². The number of nitrogens with one attached hydrogen (secondary N) is 1. The number of benzene rings is 2. The summed E-state index contributed by atoms with van der Waals surface area (Å²) >= 11 is 5.85. The molecule has 2 aromatic rings. The van der Waals surface area contributed by atoms with Crippen molar-refractivity contribution < 1.29 is 4.74 Å². The molecule has 112 valence electrons. The maximum atomic E-state index is 5.85. The Morgan fingerprint density at radius 2 is 1.67 bits per heavy atom. The molecule has 0 unspecified atom stereocenters. The fraction of sp³-hybridized carbons (Fsp3) is 0.294. The van der Waals surface area contributed by atoms with Gasteiger partial charge in [-0.1, -0.05) is 23.7 Å². The minimum atomic E-state index is 0.542. The van der Waals surface area contributed by atoms with E-state index in [1.807, 2.05) is 48.5 Å². The average molecular weight is 305 g/mol. The van der Waals surface area contributed by atoms with Gasteiger partial charge in [-0.05, 0) is 61.3 Å². The molecule has 0 fully saturated rings. The monoisotopic (exact) mass is 304 g/mol. The predicted molar refractivity (Wildman–Crippen MR) is 89.0 cm³/mol. The van der Waals surface area contributed by atoms with E-state index in [1.54, 1.807) is 0 Å². The highest BCUT2D eigenvalue weighted by Gasteiger charge is 1.97. The first-order valence-corrected chi connectivity index (χ1v) is 7.57. The maximum absolute atomic E-state index is 5.85. The van der Waals surface area contributed by atoms with Crippen LogP contribution in [-0.4, -0.2) is 13.1 Å². The largest absolute Gasteiger partial charge is 0.489 e. The molecule has 0 heterocycles. The Bertz CT molecular complexity index is 525. The number of anilines is 1. The average Bonchev–Trinajstić information content (AvgIpc) is 2.52. The van der Waals surface area contributed by atoms with Crippen LogP contribution in [-0.2, 0) is 6.61 Å². The van der Waals surface area contributed by atoms with Crippen molar-refractivity contribution in [1.29, 1.82) is 0 Å². The van der Waals surface area contributed by atoms with Gasteiger partial charge in [-0.3, -0.25) is 0 Å². The lowest BCUT2D eigenvalue weighted by Crippen LogP contribution is -2.05. The Labute approximate surface area is 131 Å². The molecule has 0 aromatic heterocycles. The highest BCUT2D eigenvalue weighted by atomic mass is 35.5. The van der Waals surface area contributed by atoms with E-state index in [9.17, 15) is 0 Å². The van der Waals surface area contributed by atoms with Gasteiger partial charge < -0.3 is 15.8 Å². The zero-order valence-electron chi connectivity index (χ0n) is 12.0. The molecule has 0 amide bonds. The van der Waals surface area contributed by atoms with E-state index in [-0.39, 0.29) is 0 Å². The molecule has 3 nitrogen and oxygen atoms in total. The Balaban J connectivity index is 1.78. The molecular formula is C17H21ClN2O. The van der Waals surface area contributed by atoms with Gasteiger partial charge in [0.25, 0.3) is 0 Å². The summed E-state index contributed by atoms with van der Waals surface area (Å²) in [5.41, 5.74) is 7.67. The van der Waals surface area contributed by atoms with Crippen LogP contribution >= 0.6 is 11.6 Å². The van der Waals surface area contributed by atoms with Crippen molar-refractivity contribution in [3.05, 3.63) is 59.1 Å². The lowest BCUT2D eigenvalue weighted by molar-refractivity contribution is 0.306. The van der Waals surface area contributed by atoms with Gasteiger partial charge in [-0.25, -0.2) is 0 Å². The molecule has 21 heavy (non-hydrogen) atoms. The number of halogens is 1.